The molecule has 2 aromatic rings. The van der Waals surface area contributed by atoms with Crippen LogP contribution in [0.1, 0.15) is 23.8 Å². The second-order valence-electron chi connectivity index (χ2n) is 6.55. The fraction of sp³-hybridized carbons (Fsp3) is 0.611. The highest BCUT2D eigenvalue weighted by atomic mass is 127. The number of furan rings is 1. The number of aromatic nitrogens is 3. The molecule has 1 aliphatic heterocycles. The number of halogens is 1. The van der Waals surface area contributed by atoms with Crippen LogP contribution in [0.4, 0.5) is 0 Å². The van der Waals surface area contributed by atoms with Gasteiger partial charge < -0.3 is 24.4 Å². The van der Waals surface area contributed by atoms with Gasteiger partial charge in [0.15, 0.2) is 11.8 Å². The molecule has 3 heterocycles. The van der Waals surface area contributed by atoms with Crippen molar-refractivity contribution >= 4 is 29.9 Å². The maximum absolute atomic E-state index is 5.39. The smallest absolute Gasteiger partial charge is 0.192 e. The summed E-state index contributed by atoms with van der Waals surface area (Å²) in [6.45, 7) is 8.59. The van der Waals surface area contributed by atoms with Gasteiger partial charge in [-0.1, -0.05) is 0 Å². The van der Waals surface area contributed by atoms with Gasteiger partial charge in [-0.2, -0.15) is 0 Å². The summed E-state index contributed by atoms with van der Waals surface area (Å²) < 4.78 is 12.7. The van der Waals surface area contributed by atoms with Crippen molar-refractivity contribution < 1.29 is 9.15 Å². The van der Waals surface area contributed by atoms with E-state index in [2.05, 4.69) is 30.7 Å². The summed E-state index contributed by atoms with van der Waals surface area (Å²) in [5.74, 6) is 3.32. The third kappa shape index (κ3) is 7.06. The summed E-state index contributed by atoms with van der Waals surface area (Å²) in [5, 5.41) is 15.0. The van der Waals surface area contributed by atoms with E-state index in [0.717, 1.165) is 69.2 Å². The van der Waals surface area contributed by atoms with E-state index in [1.807, 2.05) is 30.7 Å². The SMILES string of the molecule is Cc1nnc(CN=C(NCCCN2CCOCC2)NCc2ccco2)n1C.I. The number of nitrogens with one attached hydrogen (secondary N) is 2. The van der Waals surface area contributed by atoms with Gasteiger partial charge in [0.25, 0.3) is 0 Å². The van der Waals surface area contributed by atoms with Crippen molar-refractivity contribution in [2.75, 3.05) is 39.4 Å². The van der Waals surface area contributed by atoms with E-state index >= 15 is 0 Å². The highest BCUT2D eigenvalue weighted by molar-refractivity contribution is 14.0. The number of rotatable bonds is 8. The molecular formula is C18H30IN7O2. The first-order valence-electron chi connectivity index (χ1n) is 9.42. The molecule has 0 bridgehead atoms. The Bertz CT molecular complexity index is 712. The molecule has 1 aliphatic rings. The van der Waals surface area contributed by atoms with Crippen LogP contribution in [0.3, 0.4) is 0 Å². The summed E-state index contributed by atoms with van der Waals surface area (Å²) in [6.07, 6.45) is 2.72. The van der Waals surface area contributed by atoms with Crippen LogP contribution in [0.5, 0.6) is 0 Å². The van der Waals surface area contributed by atoms with Gasteiger partial charge in [-0.05, 0) is 32.0 Å². The minimum Gasteiger partial charge on any atom is -0.467 e. The summed E-state index contributed by atoms with van der Waals surface area (Å²) >= 11 is 0. The molecule has 0 aromatic carbocycles. The molecule has 10 heteroatoms. The first-order valence-corrected chi connectivity index (χ1v) is 9.42. The van der Waals surface area contributed by atoms with Crippen molar-refractivity contribution in [3.63, 3.8) is 0 Å². The highest BCUT2D eigenvalue weighted by Gasteiger charge is 2.10. The number of aliphatic imine (C=N–C) groups is 1. The van der Waals surface area contributed by atoms with E-state index in [1.165, 1.54) is 0 Å². The largest absolute Gasteiger partial charge is 0.467 e. The summed E-state index contributed by atoms with van der Waals surface area (Å²) in [4.78, 5) is 7.08. The summed E-state index contributed by atoms with van der Waals surface area (Å²) in [6, 6.07) is 3.82. The molecule has 0 saturated carbocycles. The molecule has 0 amide bonds. The number of morpholine rings is 1. The van der Waals surface area contributed by atoms with Gasteiger partial charge >= 0.3 is 0 Å². The molecule has 0 atom stereocenters. The van der Waals surface area contributed by atoms with E-state index < -0.39 is 0 Å². The van der Waals surface area contributed by atoms with Crippen LogP contribution >= 0.6 is 24.0 Å². The lowest BCUT2D eigenvalue weighted by atomic mass is 10.3. The van der Waals surface area contributed by atoms with Gasteiger partial charge in [0.05, 0.1) is 26.0 Å². The molecule has 1 saturated heterocycles. The zero-order chi connectivity index (χ0) is 18.9. The third-order valence-corrected chi connectivity index (χ3v) is 4.62. The Morgan fingerprint density at radius 1 is 1.25 bits per heavy atom. The lowest BCUT2D eigenvalue weighted by Gasteiger charge is -2.26. The number of hydrogen-bond donors (Lipinski definition) is 2. The first kappa shape index (κ1) is 22.6. The van der Waals surface area contributed by atoms with E-state index in [0.29, 0.717) is 13.1 Å². The van der Waals surface area contributed by atoms with Gasteiger partial charge in [-0.25, -0.2) is 4.99 Å². The Hall–Kier alpha value is -1.66. The number of aryl methyl sites for hydroxylation is 1. The Morgan fingerprint density at radius 2 is 2.07 bits per heavy atom. The molecule has 0 unspecified atom stereocenters. The predicted molar refractivity (Wildman–Crippen MR) is 118 cm³/mol. The van der Waals surface area contributed by atoms with Crippen molar-refractivity contribution in [2.24, 2.45) is 12.0 Å². The van der Waals surface area contributed by atoms with E-state index in [9.17, 15) is 0 Å². The molecule has 0 spiro atoms. The highest BCUT2D eigenvalue weighted by Crippen LogP contribution is 2.01. The number of guanidine groups is 1. The van der Waals surface area contributed by atoms with Gasteiger partial charge in [0, 0.05) is 26.7 Å². The molecule has 28 heavy (non-hydrogen) atoms. The van der Waals surface area contributed by atoms with E-state index in [1.54, 1.807) is 6.26 Å². The monoisotopic (exact) mass is 503 g/mol. The van der Waals surface area contributed by atoms with Crippen molar-refractivity contribution in [3.05, 3.63) is 35.8 Å². The zero-order valence-electron chi connectivity index (χ0n) is 16.6. The molecule has 9 nitrogen and oxygen atoms in total. The molecule has 156 valence electrons. The second-order valence-corrected chi connectivity index (χ2v) is 6.55. The van der Waals surface area contributed by atoms with E-state index in [-0.39, 0.29) is 24.0 Å². The summed E-state index contributed by atoms with van der Waals surface area (Å²) in [5.41, 5.74) is 0. The second kappa shape index (κ2) is 12.0. The Kier molecular flexibility index (Phi) is 9.71. The molecule has 1 fully saturated rings. The standard InChI is InChI=1S/C18H29N7O2.HI/c1-15-22-23-17(24(15)2)14-21-18(20-13-16-5-3-10-27-16)19-6-4-7-25-8-11-26-12-9-25;/h3,5,10H,4,6-9,11-14H2,1-2H3,(H2,19,20,21);1H. The Balaban J connectivity index is 0.00000280. The molecule has 0 aliphatic carbocycles. The molecule has 3 rings (SSSR count). The maximum Gasteiger partial charge on any atom is 0.192 e. The van der Waals surface area contributed by atoms with Crippen LogP contribution in [0.25, 0.3) is 0 Å². The molecule has 2 aromatic heterocycles. The van der Waals surface area contributed by atoms with Crippen LogP contribution in [0.2, 0.25) is 0 Å². The van der Waals surface area contributed by atoms with Crippen molar-refractivity contribution in [3.8, 4) is 0 Å². The minimum absolute atomic E-state index is 0. The lowest BCUT2D eigenvalue weighted by Crippen LogP contribution is -2.40. The topological polar surface area (TPSA) is 92.7 Å². The quantitative estimate of drug-likeness (QED) is 0.243. The van der Waals surface area contributed by atoms with Crippen LogP contribution in [-0.4, -0.2) is 65.0 Å². The fourth-order valence-electron chi connectivity index (χ4n) is 2.83. The average molecular weight is 503 g/mol. The predicted octanol–water partition coefficient (Wildman–Crippen LogP) is 1.29. The van der Waals surface area contributed by atoms with Gasteiger partial charge in [0.1, 0.15) is 18.1 Å². The van der Waals surface area contributed by atoms with Crippen molar-refractivity contribution in [1.29, 1.82) is 0 Å². The van der Waals surface area contributed by atoms with Crippen LogP contribution in [0, 0.1) is 6.92 Å². The fourth-order valence-corrected chi connectivity index (χ4v) is 2.83. The van der Waals surface area contributed by atoms with Crippen molar-refractivity contribution in [2.45, 2.75) is 26.4 Å². The lowest BCUT2D eigenvalue weighted by molar-refractivity contribution is 0.0376. The third-order valence-electron chi connectivity index (χ3n) is 4.62. The average Bonchev–Trinajstić information content (AvgIpc) is 3.32. The summed E-state index contributed by atoms with van der Waals surface area (Å²) in [7, 11) is 1.95. The molecular weight excluding hydrogens is 473 g/mol. The van der Waals surface area contributed by atoms with E-state index in [4.69, 9.17) is 9.15 Å². The van der Waals surface area contributed by atoms with Crippen LogP contribution < -0.4 is 10.6 Å². The Labute approximate surface area is 182 Å². The van der Waals surface area contributed by atoms with Crippen LogP contribution in [0.15, 0.2) is 27.8 Å². The van der Waals surface area contributed by atoms with Crippen LogP contribution in [-0.2, 0) is 24.9 Å². The number of nitrogens with zero attached hydrogens (tertiary/aromatic N) is 5. The minimum atomic E-state index is 0. The van der Waals surface area contributed by atoms with Crippen molar-refractivity contribution in [1.82, 2.24) is 30.3 Å². The Morgan fingerprint density at radius 3 is 2.75 bits per heavy atom. The maximum atomic E-state index is 5.39. The van der Waals surface area contributed by atoms with Gasteiger partial charge in [-0.3, -0.25) is 4.90 Å². The number of ether oxygens (including phenoxy) is 1. The molecule has 2 N–H and O–H groups in total. The number of hydrogen-bond acceptors (Lipinski definition) is 6. The normalized spacial score (nSPS) is 15.3. The van der Waals surface area contributed by atoms with Gasteiger partial charge in [0.2, 0.25) is 0 Å². The molecule has 0 radical (unpaired) electrons. The zero-order valence-corrected chi connectivity index (χ0v) is 18.9. The first-order chi connectivity index (χ1) is 13.2. The van der Waals surface area contributed by atoms with Gasteiger partial charge in [-0.15, -0.1) is 34.2 Å².